The van der Waals surface area contributed by atoms with E-state index in [9.17, 15) is 9.90 Å². The van der Waals surface area contributed by atoms with Gasteiger partial charge >= 0.3 is 12.8 Å². The van der Waals surface area contributed by atoms with Gasteiger partial charge in [-0.15, -0.1) is 11.6 Å². The maximum Gasteiger partial charge on any atom is 0.433 e. The van der Waals surface area contributed by atoms with E-state index in [1.807, 2.05) is 75.4 Å². The first kappa shape index (κ1) is 40.6. The molecule has 0 unspecified atom stereocenters. The molecule has 0 radical (unpaired) electrons. The Morgan fingerprint density at radius 1 is 0.792 bits per heavy atom. The molecule has 53 heavy (non-hydrogen) atoms. The van der Waals surface area contributed by atoms with Gasteiger partial charge in [0.25, 0.3) is 0 Å². The molecule has 2 heterocycles. The highest BCUT2D eigenvalue weighted by Gasteiger charge is 2.27. The number of aliphatic imine (C=N–C) groups is 1. The first-order valence-electron chi connectivity index (χ1n) is 17.3. The summed E-state index contributed by atoms with van der Waals surface area (Å²) in [5.41, 5.74) is 8.16. The van der Waals surface area contributed by atoms with Gasteiger partial charge in [0.1, 0.15) is 25.6 Å². The molecule has 3 aromatic rings. The lowest BCUT2D eigenvalue weighted by molar-refractivity contribution is 0.0697. The van der Waals surface area contributed by atoms with Crippen LogP contribution in [0.25, 0.3) is 11.6 Å². The number of benzene rings is 2. The number of aromatic carboxylic acids is 1. The highest BCUT2D eigenvalue weighted by Crippen LogP contribution is 2.37. The molecule has 0 amide bonds. The van der Waals surface area contributed by atoms with E-state index in [0.717, 1.165) is 56.4 Å². The van der Waals surface area contributed by atoms with Crippen LogP contribution in [0.5, 0.6) is 5.75 Å². The SMILES string of the molecule is COCCOCC#CB(C#CCOCCOC)n1c(C)cc(C)c1/C(=C1N=C(/C=C\c2ccc(OCCOC)cc2)C=C\1C)c1ccc(C(=O)O)cc1. The molecule has 1 aliphatic rings. The Kier molecular flexibility index (Phi) is 16.4. The minimum Gasteiger partial charge on any atom is -0.491 e. The summed E-state index contributed by atoms with van der Waals surface area (Å²) in [6, 6.07) is 16.8. The summed E-state index contributed by atoms with van der Waals surface area (Å²) < 4.78 is 34.3. The molecule has 0 bridgehead atoms. The highest BCUT2D eigenvalue weighted by molar-refractivity contribution is 6.74. The Labute approximate surface area is 313 Å². The standard InChI is InChI=1S/C42H47BN2O8/c1-31-30-37(16-9-34-10-17-38(18-11-34)53-28-25-50-6)44-40(31)39(35-12-14-36(15-13-35)42(46)47)41-32(2)29-33(3)45(41)43(19-7-21-51-26-23-48-4)20-8-22-52-27-24-49-5/h9-18,29-30H,21-28H2,1-6H3,(H,46,47)/b16-9-,40-39-. The quantitative estimate of drug-likeness (QED) is 0.0977. The molecule has 0 saturated carbocycles. The fraction of sp³-hybridized carbons (Fsp3) is 0.333. The van der Waals surface area contributed by atoms with Crippen LogP contribution in [-0.4, -0.2) is 102 Å². The van der Waals surface area contributed by atoms with Gasteiger partial charge in [-0.05, 0) is 85.5 Å². The second-order valence-corrected chi connectivity index (χ2v) is 12.0. The number of aromatic nitrogens is 1. The topological polar surface area (TPSA) is 110 Å². The summed E-state index contributed by atoms with van der Waals surface area (Å²) in [7, 11) is 4.89. The minimum absolute atomic E-state index is 0.193. The summed E-state index contributed by atoms with van der Waals surface area (Å²) in [5, 5.41) is 9.67. The molecule has 0 atom stereocenters. The lowest BCUT2D eigenvalue weighted by atomic mass is 9.63. The van der Waals surface area contributed by atoms with Crippen LogP contribution in [0.4, 0.5) is 0 Å². The van der Waals surface area contributed by atoms with Crippen molar-refractivity contribution in [3.63, 3.8) is 0 Å². The highest BCUT2D eigenvalue weighted by atomic mass is 16.5. The lowest BCUT2D eigenvalue weighted by Crippen LogP contribution is -2.26. The van der Waals surface area contributed by atoms with E-state index < -0.39 is 12.8 Å². The molecular weight excluding hydrogens is 671 g/mol. The average molecular weight is 719 g/mol. The Bertz CT molecular complexity index is 1900. The number of ether oxygens (including phenoxy) is 6. The zero-order chi connectivity index (χ0) is 38.0. The summed E-state index contributed by atoms with van der Waals surface area (Å²) in [4.78, 5) is 16.9. The zero-order valence-corrected chi connectivity index (χ0v) is 31.4. The largest absolute Gasteiger partial charge is 0.491 e. The smallest absolute Gasteiger partial charge is 0.433 e. The lowest BCUT2D eigenvalue weighted by Gasteiger charge is -2.19. The summed E-state index contributed by atoms with van der Waals surface area (Å²) in [6.07, 6.45) is 6.03. The van der Waals surface area contributed by atoms with E-state index in [1.54, 1.807) is 33.5 Å². The van der Waals surface area contributed by atoms with E-state index in [-0.39, 0.29) is 18.8 Å². The summed E-state index contributed by atoms with van der Waals surface area (Å²) in [5.74, 6) is 12.7. The number of nitrogens with zero attached hydrogens (tertiary/aromatic N) is 2. The van der Waals surface area contributed by atoms with Crippen LogP contribution in [0.2, 0.25) is 0 Å². The number of carboxylic acids is 1. The van der Waals surface area contributed by atoms with Crippen molar-refractivity contribution in [1.29, 1.82) is 0 Å². The van der Waals surface area contributed by atoms with Gasteiger partial charge in [0, 0.05) is 38.3 Å². The number of carboxylic acid groups (broad SMARTS) is 1. The molecule has 0 aliphatic carbocycles. The summed E-state index contributed by atoms with van der Waals surface area (Å²) >= 11 is 0. The predicted molar refractivity (Wildman–Crippen MR) is 209 cm³/mol. The molecule has 0 spiro atoms. The van der Waals surface area contributed by atoms with Gasteiger partial charge in [0.2, 0.25) is 0 Å². The van der Waals surface area contributed by atoms with Gasteiger partial charge in [-0.25, -0.2) is 9.79 Å². The second-order valence-electron chi connectivity index (χ2n) is 12.0. The number of hydrogen-bond donors (Lipinski definition) is 1. The molecule has 1 N–H and O–H groups in total. The van der Waals surface area contributed by atoms with Crippen LogP contribution in [0.1, 0.15) is 45.4 Å². The van der Waals surface area contributed by atoms with Crippen molar-refractivity contribution in [1.82, 2.24) is 4.48 Å². The van der Waals surface area contributed by atoms with Gasteiger partial charge in [-0.3, -0.25) is 0 Å². The van der Waals surface area contributed by atoms with E-state index in [1.165, 1.54) is 0 Å². The van der Waals surface area contributed by atoms with Gasteiger partial charge in [0.05, 0.1) is 50.0 Å². The van der Waals surface area contributed by atoms with Crippen LogP contribution in [0, 0.1) is 37.3 Å². The van der Waals surface area contributed by atoms with Crippen molar-refractivity contribution in [2.75, 3.05) is 74.2 Å². The van der Waals surface area contributed by atoms with Crippen molar-refractivity contribution < 1.29 is 38.3 Å². The fourth-order valence-electron chi connectivity index (χ4n) is 5.58. The molecule has 4 rings (SSSR count). The number of aryl methyl sites for hydroxylation is 2. The van der Waals surface area contributed by atoms with Crippen molar-refractivity contribution in [2.24, 2.45) is 4.99 Å². The third-order valence-electron chi connectivity index (χ3n) is 8.12. The first-order chi connectivity index (χ1) is 25.8. The summed E-state index contributed by atoms with van der Waals surface area (Å²) in [6.45, 7) is 8.80. The third kappa shape index (κ3) is 11.9. The Balaban J connectivity index is 1.81. The molecule has 1 aliphatic heterocycles. The monoisotopic (exact) mass is 718 g/mol. The number of rotatable bonds is 18. The maximum absolute atomic E-state index is 11.8. The Morgan fingerprint density at radius 3 is 1.96 bits per heavy atom. The second kappa shape index (κ2) is 21.4. The molecule has 2 aromatic carbocycles. The van der Waals surface area contributed by atoms with Gasteiger partial charge in [0.15, 0.2) is 0 Å². The molecule has 0 fully saturated rings. The van der Waals surface area contributed by atoms with Crippen LogP contribution in [0.15, 0.2) is 83.0 Å². The van der Waals surface area contributed by atoms with Crippen LogP contribution in [0.3, 0.4) is 0 Å². The number of allylic oxidation sites excluding steroid dienone is 3. The van der Waals surface area contributed by atoms with Gasteiger partial charge < -0.3 is 38.0 Å². The fourth-order valence-corrected chi connectivity index (χ4v) is 5.58. The van der Waals surface area contributed by atoms with Crippen molar-refractivity contribution in [2.45, 2.75) is 20.8 Å². The van der Waals surface area contributed by atoms with Crippen LogP contribution in [-0.2, 0) is 23.7 Å². The number of methoxy groups -OCH3 is 3. The van der Waals surface area contributed by atoms with Crippen LogP contribution >= 0.6 is 0 Å². The van der Waals surface area contributed by atoms with Gasteiger partial charge in [-0.1, -0.05) is 42.2 Å². The van der Waals surface area contributed by atoms with E-state index in [4.69, 9.17) is 33.4 Å². The molecule has 0 saturated heterocycles. The predicted octanol–water partition coefficient (Wildman–Crippen LogP) is 5.95. The van der Waals surface area contributed by atoms with Crippen molar-refractivity contribution >= 4 is 30.2 Å². The molecule has 1 aromatic heterocycles. The molecule has 11 heteroatoms. The first-order valence-corrected chi connectivity index (χ1v) is 17.3. The third-order valence-corrected chi connectivity index (χ3v) is 8.12. The van der Waals surface area contributed by atoms with Crippen molar-refractivity contribution in [3.8, 4) is 29.2 Å². The Morgan fingerprint density at radius 2 is 1.38 bits per heavy atom. The van der Waals surface area contributed by atoms with E-state index in [0.29, 0.717) is 39.6 Å². The normalized spacial score (nSPS) is 13.2. The van der Waals surface area contributed by atoms with E-state index >= 15 is 0 Å². The number of carbonyl (C=O) groups is 1. The van der Waals surface area contributed by atoms with Crippen molar-refractivity contribution in [3.05, 3.63) is 112 Å². The minimum atomic E-state index is -0.996. The van der Waals surface area contributed by atoms with Gasteiger partial charge in [-0.2, -0.15) is 0 Å². The Hall–Kier alpha value is -5.14. The molecular formula is C42H47BN2O8. The molecule has 276 valence electrons. The van der Waals surface area contributed by atoms with Crippen LogP contribution < -0.4 is 4.74 Å². The van der Waals surface area contributed by atoms with E-state index in [2.05, 4.69) is 34.0 Å². The average Bonchev–Trinajstić information content (AvgIpc) is 3.67. The molecule has 10 nitrogen and oxygen atoms in total. The zero-order valence-electron chi connectivity index (χ0n) is 31.4. The number of hydrogen-bond acceptors (Lipinski definition) is 8. The maximum atomic E-state index is 11.8.